The minimum absolute atomic E-state index is 0.0609. The number of phenolic OH excluding ortho intramolecular Hbond substituents is 2. The monoisotopic (exact) mass is 252 g/mol. The number of phenols is 2. The molecule has 0 saturated carbocycles. The van der Waals surface area contributed by atoms with Crippen molar-refractivity contribution >= 4 is 11.9 Å². The summed E-state index contributed by atoms with van der Waals surface area (Å²) in [6.07, 6.45) is 2.18. The summed E-state index contributed by atoms with van der Waals surface area (Å²) in [4.78, 5) is 12.2. The van der Waals surface area contributed by atoms with Crippen molar-refractivity contribution in [2.75, 3.05) is 0 Å². The zero-order chi connectivity index (χ0) is 13.4. The number of ketones is 1. The Balaban J connectivity index is 2.02. The first kappa shape index (κ1) is 11.5. The lowest BCUT2D eigenvalue weighted by molar-refractivity contribution is 0.104. The van der Waals surface area contributed by atoms with Crippen molar-refractivity contribution in [3.8, 4) is 11.5 Å². The molecule has 19 heavy (non-hydrogen) atoms. The van der Waals surface area contributed by atoms with Gasteiger partial charge in [-0.3, -0.25) is 4.79 Å². The van der Waals surface area contributed by atoms with Crippen LogP contribution in [0.2, 0.25) is 0 Å². The number of hydrogen-bond acceptors (Lipinski definition) is 3. The topological polar surface area (TPSA) is 57.5 Å². The summed E-state index contributed by atoms with van der Waals surface area (Å²) >= 11 is 0. The van der Waals surface area contributed by atoms with Crippen LogP contribution in [0, 0.1) is 0 Å². The zero-order valence-electron chi connectivity index (χ0n) is 10.1. The first-order valence-electron chi connectivity index (χ1n) is 6.00. The predicted molar refractivity (Wildman–Crippen MR) is 72.2 cm³/mol. The summed E-state index contributed by atoms with van der Waals surface area (Å²) in [5.41, 5.74) is 2.64. The van der Waals surface area contributed by atoms with Gasteiger partial charge in [0.1, 0.15) is 11.5 Å². The van der Waals surface area contributed by atoms with Crippen LogP contribution in [0.4, 0.5) is 0 Å². The van der Waals surface area contributed by atoms with Gasteiger partial charge in [0.2, 0.25) is 0 Å². The minimum Gasteiger partial charge on any atom is -0.508 e. The van der Waals surface area contributed by atoms with Crippen molar-refractivity contribution in [3.63, 3.8) is 0 Å². The molecule has 3 rings (SSSR count). The van der Waals surface area contributed by atoms with E-state index in [0.29, 0.717) is 23.1 Å². The van der Waals surface area contributed by atoms with E-state index in [1.165, 1.54) is 0 Å². The second kappa shape index (κ2) is 4.28. The molecule has 2 aromatic rings. The summed E-state index contributed by atoms with van der Waals surface area (Å²) < 4.78 is 0. The van der Waals surface area contributed by atoms with Crippen LogP contribution < -0.4 is 0 Å². The molecule has 0 radical (unpaired) electrons. The maximum Gasteiger partial charge on any atom is 0.189 e. The van der Waals surface area contributed by atoms with Crippen molar-refractivity contribution in [1.29, 1.82) is 0 Å². The van der Waals surface area contributed by atoms with Crippen LogP contribution >= 0.6 is 0 Å². The summed E-state index contributed by atoms with van der Waals surface area (Å²) in [7, 11) is 0. The van der Waals surface area contributed by atoms with E-state index in [1.807, 2.05) is 6.07 Å². The lowest BCUT2D eigenvalue weighted by atomic mass is 10.1. The molecule has 0 spiro atoms. The second-order valence-corrected chi connectivity index (χ2v) is 4.57. The summed E-state index contributed by atoms with van der Waals surface area (Å²) in [6, 6.07) is 11.7. The van der Waals surface area contributed by atoms with E-state index in [1.54, 1.807) is 42.5 Å². The maximum atomic E-state index is 12.2. The minimum atomic E-state index is -0.0609. The van der Waals surface area contributed by atoms with Gasteiger partial charge >= 0.3 is 0 Å². The van der Waals surface area contributed by atoms with E-state index in [9.17, 15) is 15.0 Å². The van der Waals surface area contributed by atoms with E-state index in [4.69, 9.17) is 0 Å². The zero-order valence-corrected chi connectivity index (χ0v) is 10.1. The van der Waals surface area contributed by atoms with Gasteiger partial charge in [-0.2, -0.15) is 0 Å². The molecule has 1 aliphatic carbocycles. The predicted octanol–water partition coefficient (Wildman–Crippen LogP) is 2.92. The molecule has 3 nitrogen and oxygen atoms in total. The standard InChI is InChI=1S/C16H12O3/c17-12-4-1-3-10(8-12)7-11-9-14-13(16(11)19)5-2-6-15(14)18/h1-8,17-18H,9H2. The Labute approximate surface area is 110 Å². The van der Waals surface area contributed by atoms with Crippen molar-refractivity contribution < 1.29 is 15.0 Å². The van der Waals surface area contributed by atoms with Crippen LogP contribution in [0.5, 0.6) is 11.5 Å². The van der Waals surface area contributed by atoms with Crippen LogP contribution in [-0.2, 0) is 6.42 Å². The van der Waals surface area contributed by atoms with Crippen LogP contribution in [0.15, 0.2) is 48.0 Å². The molecule has 0 atom stereocenters. The highest BCUT2D eigenvalue weighted by Gasteiger charge is 2.26. The van der Waals surface area contributed by atoms with E-state index in [0.717, 1.165) is 5.56 Å². The van der Waals surface area contributed by atoms with Crippen molar-refractivity contribution in [1.82, 2.24) is 0 Å². The van der Waals surface area contributed by atoms with Crippen molar-refractivity contribution in [2.45, 2.75) is 6.42 Å². The smallest absolute Gasteiger partial charge is 0.189 e. The Morgan fingerprint density at radius 1 is 1.05 bits per heavy atom. The molecule has 0 fully saturated rings. The number of hydrogen-bond donors (Lipinski definition) is 2. The third-order valence-electron chi connectivity index (χ3n) is 3.27. The lowest BCUT2D eigenvalue weighted by Gasteiger charge is -1.98. The van der Waals surface area contributed by atoms with E-state index in [2.05, 4.69) is 0 Å². The van der Waals surface area contributed by atoms with E-state index >= 15 is 0 Å². The number of benzene rings is 2. The molecule has 0 heterocycles. The first-order valence-corrected chi connectivity index (χ1v) is 6.00. The van der Waals surface area contributed by atoms with Gasteiger partial charge in [0.05, 0.1) is 0 Å². The maximum absolute atomic E-state index is 12.2. The lowest BCUT2D eigenvalue weighted by Crippen LogP contribution is -1.94. The summed E-state index contributed by atoms with van der Waals surface area (Å²) in [6.45, 7) is 0. The third kappa shape index (κ3) is 1.99. The molecule has 0 saturated heterocycles. The quantitative estimate of drug-likeness (QED) is 0.767. The molecule has 0 bridgehead atoms. The molecular weight excluding hydrogens is 240 g/mol. The fourth-order valence-electron chi connectivity index (χ4n) is 2.35. The van der Waals surface area contributed by atoms with Gasteiger partial charge in [0.25, 0.3) is 0 Å². The number of allylic oxidation sites excluding steroid dienone is 1. The summed E-state index contributed by atoms with van der Waals surface area (Å²) in [5.74, 6) is 0.263. The summed E-state index contributed by atoms with van der Waals surface area (Å²) in [5, 5.41) is 19.2. The largest absolute Gasteiger partial charge is 0.508 e. The second-order valence-electron chi connectivity index (χ2n) is 4.57. The number of carbonyl (C=O) groups is 1. The molecule has 0 aliphatic heterocycles. The molecule has 0 unspecified atom stereocenters. The van der Waals surface area contributed by atoms with Crippen molar-refractivity contribution in [3.05, 3.63) is 64.7 Å². The van der Waals surface area contributed by atoms with Gasteiger partial charge in [-0.25, -0.2) is 0 Å². The molecular formula is C16H12O3. The number of rotatable bonds is 1. The molecule has 0 aromatic heterocycles. The Kier molecular flexibility index (Phi) is 2.60. The van der Waals surface area contributed by atoms with Crippen molar-refractivity contribution in [2.24, 2.45) is 0 Å². The third-order valence-corrected chi connectivity index (χ3v) is 3.27. The van der Waals surface area contributed by atoms with Crippen LogP contribution in [0.3, 0.4) is 0 Å². The number of fused-ring (bicyclic) bond motifs is 1. The normalized spacial score (nSPS) is 15.8. The van der Waals surface area contributed by atoms with Gasteiger partial charge in [-0.05, 0) is 29.8 Å². The van der Waals surface area contributed by atoms with Crippen LogP contribution in [-0.4, -0.2) is 16.0 Å². The number of Topliss-reactive ketones (excluding diaryl/α,β-unsaturated/α-hetero) is 1. The number of aromatic hydroxyl groups is 2. The van der Waals surface area contributed by atoms with Gasteiger partial charge in [-0.15, -0.1) is 0 Å². The van der Waals surface area contributed by atoms with Crippen LogP contribution in [0.25, 0.3) is 6.08 Å². The average Bonchev–Trinajstić information content (AvgIpc) is 2.69. The average molecular weight is 252 g/mol. The molecule has 2 aromatic carbocycles. The van der Waals surface area contributed by atoms with Gasteiger partial charge in [0.15, 0.2) is 5.78 Å². The van der Waals surface area contributed by atoms with Crippen LogP contribution in [0.1, 0.15) is 21.5 Å². The number of carbonyl (C=O) groups excluding carboxylic acids is 1. The first-order chi connectivity index (χ1) is 9.15. The molecule has 1 aliphatic rings. The Bertz CT molecular complexity index is 699. The molecule has 3 heteroatoms. The highest BCUT2D eigenvalue weighted by molar-refractivity contribution is 6.16. The molecule has 0 amide bonds. The molecule has 94 valence electrons. The fraction of sp³-hybridized carbons (Fsp3) is 0.0625. The Morgan fingerprint density at radius 2 is 1.84 bits per heavy atom. The fourth-order valence-corrected chi connectivity index (χ4v) is 2.35. The van der Waals surface area contributed by atoms with Gasteiger partial charge in [0, 0.05) is 23.1 Å². The van der Waals surface area contributed by atoms with Gasteiger partial charge in [-0.1, -0.05) is 24.3 Å². The van der Waals surface area contributed by atoms with E-state index < -0.39 is 0 Å². The Hall–Kier alpha value is -2.55. The molecule has 2 N–H and O–H groups in total. The highest BCUT2D eigenvalue weighted by atomic mass is 16.3. The van der Waals surface area contributed by atoms with Gasteiger partial charge < -0.3 is 10.2 Å². The SMILES string of the molecule is O=C1C(=Cc2cccc(O)c2)Cc2c(O)cccc21. The van der Waals surface area contributed by atoms with E-state index in [-0.39, 0.29) is 17.3 Å². The Morgan fingerprint density at radius 3 is 2.58 bits per heavy atom. The highest BCUT2D eigenvalue weighted by Crippen LogP contribution is 2.33.